The Labute approximate surface area is 110 Å². The van der Waals surface area contributed by atoms with Crippen LogP contribution in [0.2, 0.25) is 0 Å². The standard InChI is InChI=1S/C15H23NO2/c1-6-13-9-8-10-14(7-2)15(13)16(11(3)17)12(4)18-5/h8-10,12H,6-7H2,1-5H3. The number of hydrogen-bond donors (Lipinski definition) is 0. The van der Waals surface area contributed by atoms with Crippen molar-refractivity contribution in [3.8, 4) is 0 Å². The summed E-state index contributed by atoms with van der Waals surface area (Å²) in [5, 5.41) is 0. The normalized spacial score (nSPS) is 12.3. The summed E-state index contributed by atoms with van der Waals surface area (Å²) in [5.74, 6) is 0.0138. The van der Waals surface area contributed by atoms with Gasteiger partial charge in [0.25, 0.3) is 0 Å². The Kier molecular flexibility index (Phi) is 5.35. The van der Waals surface area contributed by atoms with Gasteiger partial charge in [-0.3, -0.25) is 9.69 Å². The predicted molar refractivity (Wildman–Crippen MR) is 74.8 cm³/mol. The molecule has 3 heteroatoms. The van der Waals surface area contributed by atoms with Crippen molar-refractivity contribution in [1.82, 2.24) is 0 Å². The van der Waals surface area contributed by atoms with Crippen LogP contribution in [0, 0.1) is 0 Å². The van der Waals surface area contributed by atoms with E-state index in [-0.39, 0.29) is 12.1 Å². The molecule has 0 aliphatic carbocycles. The molecular formula is C15H23NO2. The summed E-state index contributed by atoms with van der Waals surface area (Å²) in [6.07, 6.45) is 1.56. The van der Waals surface area contributed by atoms with Gasteiger partial charge >= 0.3 is 0 Å². The van der Waals surface area contributed by atoms with Crippen LogP contribution in [0.4, 0.5) is 5.69 Å². The maximum Gasteiger partial charge on any atom is 0.225 e. The minimum Gasteiger partial charge on any atom is -0.361 e. The molecule has 0 N–H and O–H groups in total. The van der Waals surface area contributed by atoms with Gasteiger partial charge in [-0.2, -0.15) is 0 Å². The zero-order valence-corrected chi connectivity index (χ0v) is 12.0. The summed E-state index contributed by atoms with van der Waals surface area (Å²) in [6, 6.07) is 6.20. The van der Waals surface area contributed by atoms with E-state index in [1.165, 1.54) is 11.1 Å². The second kappa shape index (κ2) is 6.55. The lowest BCUT2D eigenvalue weighted by atomic mass is 10.0. The SMILES string of the molecule is CCc1cccc(CC)c1N(C(C)=O)C(C)OC. The van der Waals surface area contributed by atoms with Crippen LogP contribution in [0.1, 0.15) is 38.8 Å². The van der Waals surface area contributed by atoms with Gasteiger partial charge < -0.3 is 4.74 Å². The first kappa shape index (κ1) is 14.7. The number of hydrogen-bond acceptors (Lipinski definition) is 2. The minimum atomic E-state index is -0.250. The van der Waals surface area contributed by atoms with Crippen molar-refractivity contribution in [2.45, 2.75) is 46.8 Å². The lowest BCUT2D eigenvalue weighted by Gasteiger charge is -2.30. The predicted octanol–water partition coefficient (Wildman–Crippen LogP) is 3.16. The summed E-state index contributed by atoms with van der Waals surface area (Å²) >= 11 is 0. The van der Waals surface area contributed by atoms with E-state index in [0.717, 1.165) is 18.5 Å². The Morgan fingerprint density at radius 2 is 1.78 bits per heavy atom. The van der Waals surface area contributed by atoms with Crippen molar-refractivity contribution in [3.05, 3.63) is 29.3 Å². The molecular weight excluding hydrogens is 226 g/mol. The van der Waals surface area contributed by atoms with E-state index in [0.29, 0.717) is 0 Å². The lowest BCUT2D eigenvalue weighted by Crippen LogP contribution is -2.39. The Morgan fingerprint density at radius 1 is 1.28 bits per heavy atom. The maximum atomic E-state index is 11.9. The van der Waals surface area contributed by atoms with Crippen molar-refractivity contribution in [1.29, 1.82) is 0 Å². The number of amides is 1. The minimum absolute atomic E-state index is 0.0138. The van der Waals surface area contributed by atoms with Crippen LogP contribution < -0.4 is 4.90 Å². The number of aryl methyl sites for hydroxylation is 2. The van der Waals surface area contributed by atoms with E-state index >= 15 is 0 Å². The third kappa shape index (κ3) is 2.91. The largest absolute Gasteiger partial charge is 0.361 e. The van der Waals surface area contributed by atoms with Crippen LogP contribution >= 0.6 is 0 Å². The number of para-hydroxylation sites is 1. The van der Waals surface area contributed by atoms with Crippen molar-refractivity contribution < 1.29 is 9.53 Å². The first-order valence-corrected chi connectivity index (χ1v) is 6.50. The zero-order chi connectivity index (χ0) is 13.7. The van der Waals surface area contributed by atoms with E-state index in [4.69, 9.17) is 4.74 Å². The fourth-order valence-corrected chi connectivity index (χ4v) is 2.23. The van der Waals surface area contributed by atoms with Crippen molar-refractivity contribution in [2.24, 2.45) is 0 Å². The number of anilines is 1. The monoisotopic (exact) mass is 249 g/mol. The number of ether oxygens (including phenoxy) is 1. The number of nitrogens with zero attached hydrogens (tertiary/aromatic N) is 1. The average molecular weight is 249 g/mol. The quantitative estimate of drug-likeness (QED) is 0.750. The molecule has 1 amide bonds. The first-order valence-electron chi connectivity index (χ1n) is 6.50. The van der Waals surface area contributed by atoms with Gasteiger partial charge in [-0.25, -0.2) is 0 Å². The Morgan fingerprint density at radius 3 is 2.11 bits per heavy atom. The lowest BCUT2D eigenvalue weighted by molar-refractivity contribution is -0.118. The highest BCUT2D eigenvalue weighted by Crippen LogP contribution is 2.29. The summed E-state index contributed by atoms with van der Waals surface area (Å²) in [7, 11) is 1.63. The van der Waals surface area contributed by atoms with Gasteiger partial charge in [0, 0.05) is 14.0 Å². The zero-order valence-electron chi connectivity index (χ0n) is 12.0. The highest BCUT2D eigenvalue weighted by atomic mass is 16.5. The fraction of sp³-hybridized carbons (Fsp3) is 0.533. The molecule has 1 atom stereocenters. The van der Waals surface area contributed by atoms with Crippen molar-refractivity contribution in [2.75, 3.05) is 12.0 Å². The Bertz CT molecular complexity index is 393. The first-order chi connectivity index (χ1) is 8.56. The van der Waals surface area contributed by atoms with Crippen molar-refractivity contribution >= 4 is 11.6 Å². The van der Waals surface area contributed by atoms with Crippen molar-refractivity contribution in [3.63, 3.8) is 0 Å². The molecule has 0 saturated heterocycles. The third-order valence-electron chi connectivity index (χ3n) is 3.25. The number of methoxy groups -OCH3 is 1. The molecule has 18 heavy (non-hydrogen) atoms. The molecule has 0 aliphatic heterocycles. The van der Waals surface area contributed by atoms with E-state index in [1.807, 2.05) is 6.92 Å². The molecule has 0 heterocycles. The van der Waals surface area contributed by atoms with E-state index in [9.17, 15) is 4.79 Å². The van der Waals surface area contributed by atoms with Gasteiger partial charge in [0.1, 0.15) is 6.23 Å². The van der Waals surface area contributed by atoms with Gasteiger partial charge in [0.05, 0.1) is 5.69 Å². The molecule has 0 spiro atoms. The Balaban J connectivity index is 3.38. The van der Waals surface area contributed by atoms with E-state index in [2.05, 4.69) is 32.0 Å². The highest BCUT2D eigenvalue weighted by Gasteiger charge is 2.22. The van der Waals surface area contributed by atoms with Crippen LogP contribution in [0.5, 0.6) is 0 Å². The molecule has 0 bridgehead atoms. The Hall–Kier alpha value is -1.35. The van der Waals surface area contributed by atoms with E-state index < -0.39 is 0 Å². The second-order valence-corrected chi connectivity index (χ2v) is 4.36. The van der Waals surface area contributed by atoms with Gasteiger partial charge in [0.2, 0.25) is 5.91 Å². The fourth-order valence-electron chi connectivity index (χ4n) is 2.23. The number of carbonyl (C=O) groups is 1. The average Bonchev–Trinajstić information content (AvgIpc) is 2.38. The van der Waals surface area contributed by atoms with Gasteiger partial charge in [-0.1, -0.05) is 32.0 Å². The van der Waals surface area contributed by atoms with Gasteiger partial charge in [0.15, 0.2) is 0 Å². The second-order valence-electron chi connectivity index (χ2n) is 4.36. The van der Waals surface area contributed by atoms with Gasteiger partial charge in [-0.05, 0) is 30.9 Å². The molecule has 0 saturated carbocycles. The highest BCUT2D eigenvalue weighted by molar-refractivity contribution is 5.93. The molecule has 0 aromatic heterocycles. The van der Waals surface area contributed by atoms with Crippen LogP contribution in [-0.4, -0.2) is 19.2 Å². The smallest absolute Gasteiger partial charge is 0.225 e. The molecule has 0 aliphatic rings. The number of benzene rings is 1. The topological polar surface area (TPSA) is 29.5 Å². The third-order valence-corrected chi connectivity index (χ3v) is 3.25. The molecule has 1 aromatic rings. The molecule has 1 unspecified atom stereocenters. The van der Waals surface area contributed by atoms with Crippen LogP contribution in [0.25, 0.3) is 0 Å². The maximum absolute atomic E-state index is 11.9. The van der Waals surface area contributed by atoms with Crippen LogP contribution in [0.3, 0.4) is 0 Å². The van der Waals surface area contributed by atoms with Crippen LogP contribution in [-0.2, 0) is 22.4 Å². The summed E-state index contributed by atoms with van der Waals surface area (Å²) in [5.41, 5.74) is 3.39. The number of rotatable bonds is 5. The molecule has 100 valence electrons. The van der Waals surface area contributed by atoms with E-state index in [1.54, 1.807) is 18.9 Å². The summed E-state index contributed by atoms with van der Waals surface area (Å²) in [6.45, 7) is 7.69. The number of carbonyl (C=O) groups excluding carboxylic acids is 1. The molecule has 0 radical (unpaired) electrons. The van der Waals surface area contributed by atoms with Crippen LogP contribution in [0.15, 0.2) is 18.2 Å². The molecule has 1 aromatic carbocycles. The molecule has 0 fully saturated rings. The van der Waals surface area contributed by atoms with Gasteiger partial charge in [-0.15, -0.1) is 0 Å². The molecule has 1 rings (SSSR count). The summed E-state index contributed by atoms with van der Waals surface area (Å²) in [4.78, 5) is 13.7. The summed E-state index contributed by atoms with van der Waals surface area (Å²) < 4.78 is 5.33. The molecule has 3 nitrogen and oxygen atoms in total.